The number of carboxylic acids is 7. The maximum atomic E-state index is 14.0. The van der Waals surface area contributed by atoms with Gasteiger partial charge in [-0.2, -0.15) is 0 Å². The van der Waals surface area contributed by atoms with Crippen LogP contribution in [0.2, 0.25) is 0 Å². The fourth-order valence-electron chi connectivity index (χ4n) is 11.7. The maximum absolute atomic E-state index is 14.0. The number of carbonyl (C=O) groups excluding carboxylic acids is 2. The van der Waals surface area contributed by atoms with Crippen LogP contribution in [0.1, 0.15) is 65.2 Å². The molecule has 0 aromatic heterocycles. The van der Waals surface area contributed by atoms with Crippen molar-refractivity contribution in [2.75, 3.05) is 85.1 Å². The Hall–Kier alpha value is -5.27. The van der Waals surface area contributed by atoms with Gasteiger partial charge in [-0.1, -0.05) is 13.8 Å². The summed E-state index contributed by atoms with van der Waals surface area (Å²) in [4.78, 5) is 107. The molecule has 1 aliphatic heterocycles. The second-order valence-corrected chi connectivity index (χ2v) is 18.8. The Kier molecular flexibility index (Phi) is 18.8. The van der Waals surface area contributed by atoms with Crippen molar-refractivity contribution in [2.24, 2.45) is 34.5 Å². The molecule has 0 saturated heterocycles. The molecule has 4 saturated carbocycles. The SMILES string of the molecule is C[C@]12CC[C@H](O)C[C@H]1CC[C@@H]1[C@@H]2C[C@@H](O)[C@]2(C)[C@@H](C3=CC(=O)OC3)CC[C@]12OC(=O)CN(CCN(CC(=O)O)CC(=O)O)CC(=O)O.O=C(O)CN(CCN(CC(=O)O)CC(=O)O)CC(=O)O. The number of cyclic esters (lactones) is 1. The molecule has 0 aromatic carbocycles. The number of carbonyl (C=O) groups is 9. The lowest BCUT2D eigenvalue weighted by atomic mass is 9.42. The van der Waals surface area contributed by atoms with Crippen LogP contribution in [0.15, 0.2) is 11.6 Å². The van der Waals surface area contributed by atoms with Crippen molar-refractivity contribution in [1.82, 2.24) is 19.6 Å². The average Bonchev–Trinajstić information content (AvgIpc) is 3.75. The van der Waals surface area contributed by atoms with E-state index in [9.17, 15) is 68.7 Å². The fourth-order valence-corrected chi connectivity index (χ4v) is 11.7. The molecule has 9 N–H and O–H groups in total. The number of carboxylic acid groups (broad SMARTS) is 7. The molecular formula is C43H64N4O20. The molecule has 0 bridgehead atoms. The van der Waals surface area contributed by atoms with Gasteiger partial charge in [0.15, 0.2) is 0 Å². The van der Waals surface area contributed by atoms with Crippen LogP contribution in [-0.2, 0) is 52.6 Å². The number of nitrogens with zero attached hydrogens (tertiary/aromatic N) is 4. The highest BCUT2D eigenvalue weighted by Crippen LogP contribution is 2.71. The number of aliphatic hydroxyl groups excluding tert-OH is 2. The summed E-state index contributed by atoms with van der Waals surface area (Å²) in [6, 6.07) is 0. The number of aliphatic carboxylic acids is 7. The molecule has 0 amide bonds. The van der Waals surface area contributed by atoms with Crippen LogP contribution < -0.4 is 0 Å². The predicted molar refractivity (Wildman–Crippen MR) is 226 cm³/mol. The van der Waals surface area contributed by atoms with Gasteiger partial charge in [-0.15, -0.1) is 0 Å². The summed E-state index contributed by atoms with van der Waals surface area (Å²) >= 11 is 0. The zero-order chi connectivity index (χ0) is 50.0. The van der Waals surface area contributed by atoms with Crippen molar-refractivity contribution in [2.45, 2.75) is 83.0 Å². The lowest BCUT2D eigenvalue weighted by Crippen LogP contribution is -2.68. The Balaban J connectivity index is 0.000000414. The molecule has 24 nitrogen and oxygen atoms in total. The first kappa shape index (κ1) is 54.3. The third-order valence-electron chi connectivity index (χ3n) is 14.6. The van der Waals surface area contributed by atoms with Crippen molar-refractivity contribution in [3.63, 3.8) is 0 Å². The molecule has 0 radical (unpaired) electrons. The van der Waals surface area contributed by atoms with Gasteiger partial charge in [-0.25, -0.2) is 4.79 Å². The van der Waals surface area contributed by atoms with Crippen LogP contribution in [0.25, 0.3) is 0 Å². The lowest BCUT2D eigenvalue weighted by molar-refractivity contribution is -0.257. The van der Waals surface area contributed by atoms with Gasteiger partial charge in [-0.05, 0) is 80.1 Å². The van der Waals surface area contributed by atoms with E-state index in [1.54, 1.807) is 0 Å². The Morgan fingerprint density at radius 3 is 1.43 bits per heavy atom. The standard InChI is InChI=1S/C33H48N2O12.C10H16N2O8/c1-31-7-5-21(36)12-20(31)3-4-23-24(31)13-25(37)32(2)22(19-11-29(44)46-18-19)6-8-33(23,32)47-30(45)17-35(16-28(42)43)10-9-34(14-26(38)39)15-27(40)41;13-7(14)3-11(4-8(15)16)1-2-12(5-9(17)18)6-10(19)20/h11,20-25,36-37H,3-10,12-18H2,1-2H3,(H,38,39)(H,40,41)(H,42,43);1-6H2,(H,13,14)(H,15,16)(H,17,18)(H,19,20)/t20-,21+,22-,23-,24+,25-,31+,32+,33+;/m1./s1. The van der Waals surface area contributed by atoms with Crippen molar-refractivity contribution in [3.05, 3.63) is 11.6 Å². The molecule has 24 heteroatoms. The molecule has 376 valence electrons. The Morgan fingerprint density at radius 1 is 0.597 bits per heavy atom. The molecule has 9 atom stereocenters. The Morgan fingerprint density at radius 2 is 1.03 bits per heavy atom. The van der Waals surface area contributed by atoms with Gasteiger partial charge >= 0.3 is 53.7 Å². The van der Waals surface area contributed by atoms with Crippen LogP contribution in [0, 0.1) is 34.5 Å². The van der Waals surface area contributed by atoms with Gasteiger partial charge in [0, 0.05) is 43.6 Å². The number of hydrogen-bond donors (Lipinski definition) is 9. The maximum Gasteiger partial charge on any atom is 0.331 e. The van der Waals surface area contributed by atoms with E-state index in [-0.39, 0.29) is 68.0 Å². The summed E-state index contributed by atoms with van der Waals surface area (Å²) in [5.41, 5.74) is -1.50. The molecule has 4 fully saturated rings. The second kappa shape index (κ2) is 23.2. The number of rotatable bonds is 24. The van der Waals surface area contributed by atoms with Gasteiger partial charge in [0.1, 0.15) is 12.2 Å². The van der Waals surface area contributed by atoms with E-state index < -0.39 is 123 Å². The van der Waals surface area contributed by atoms with E-state index in [2.05, 4.69) is 6.92 Å². The number of hydrogen-bond acceptors (Lipinski definition) is 17. The lowest BCUT2D eigenvalue weighted by Gasteiger charge is -2.65. The number of aliphatic hydroxyl groups is 2. The van der Waals surface area contributed by atoms with E-state index in [4.69, 9.17) is 29.9 Å². The number of fused-ring (bicyclic) bond motifs is 5. The summed E-state index contributed by atoms with van der Waals surface area (Å²) in [7, 11) is 0. The first-order valence-corrected chi connectivity index (χ1v) is 22.2. The summed E-state index contributed by atoms with van der Waals surface area (Å²) in [5.74, 6) is -9.87. The van der Waals surface area contributed by atoms with Gasteiger partial charge in [-0.3, -0.25) is 58.0 Å². The van der Waals surface area contributed by atoms with Crippen molar-refractivity contribution in [1.29, 1.82) is 0 Å². The van der Waals surface area contributed by atoms with Gasteiger partial charge in [0.05, 0.1) is 64.6 Å². The first-order chi connectivity index (χ1) is 31.3. The largest absolute Gasteiger partial charge is 0.480 e. The Labute approximate surface area is 385 Å². The van der Waals surface area contributed by atoms with Crippen molar-refractivity contribution < 1.29 is 98.6 Å². The molecule has 1 heterocycles. The van der Waals surface area contributed by atoms with Crippen LogP contribution in [0.5, 0.6) is 0 Å². The van der Waals surface area contributed by atoms with E-state index in [1.807, 2.05) is 6.92 Å². The van der Waals surface area contributed by atoms with Gasteiger partial charge in [0.25, 0.3) is 0 Å². The van der Waals surface area contributed by atoms with Gasteiger partial charge in [0.2, 0.25) is 0 Å². The molecular weight excluding hydrogens is 892 g/mol. The summed E-state index contributed by atoms with van der Waals surface area (Å²) in [6.07, 6.45) is 5.45. The normalized spacial score (nSPS) is 29.7. The molecule has 5 rings (SSSR count). The smallest absolute Gasteiger partial charge is 0.331 e. The molecule has 0 aromatic rings. The summed E-state index contributed by atoms with van der Waals surface area (Å²) in [6.45, 7) is -0.313. The van der Waals surface area contributed by atoms with Crippen LogP contribution in [0.3, 0.4) is 0 Å². The van der Waals surface area contributed by atoms with Crippen LogP contribution in [0.4, 0.5) is 0 Å². The predicted octanol–water partition coefficient (Wildman–Crippen LogP) is -1.09. The van der Waals surface area contributed by atoms with Crippen molar-refractivity contribution >= 4 is 53.7 Å². The monoisotopic (exact) mass is 956 g/mol. The minimum absolute atomic E-state index is 0.00883. The van der Waals surface area contributed by atoms with E-state index >= 15 is 0 Å². The third-order valence-corrected chi connectivity index (χ3v) is 14.6. The highest BCUT2D eigenvalue weighted by atomic mass is 16.6. The Bertz CT molecular complexity index is 1830. The highest BCUT2D eigenvalue weighted by molar-refractivity contribution is 5.85. The second-order valence-electron chi connectivity index (χ2n) is 18.8. The topological polar surface area (TPSA) is 367 Å². The minimum atomic E-state index is -1.24. The average molecular weight is 957 g/mol. The van der Waals surface area contributed by atoms with E-state index in [0.717, 1.165) is 39.5 Å². The molecule has 67 heavy (non-hydrogen) atoms. The quantitative estimate of drug-likeness (QED) is 0.0519. The summed E-state index contributed by atoms with van der Waals surface area (Å²) < 4.78 is 11.9. The zero-order valence-corrected chi connectivity index (χ0v) is 37.7. The molecule has 0 unspecified atom stereocenters. The first-order valence-electron chi connectivity index (χ1n) is 22.2. The van der Waals surface area contributed by atoms with Crippen molar-refractivity contribution in [3.8, 4) is 0 Å². The van der Waals surface area contributed by atoms with E-state index in [0.29, 0.717) is 32.1 Å². The molecule has 0 spiro atoms. The zero-order valence-electron chi connectivity index (χ0n) is 37.7. The van der Waals surface area contributed by atoms with E-state index in [1.165, 1.54) is 11.0 Å². The van der Waals surface area contributed by atoms with Crippen LogP contribution >= 0.6 is 0 Å². The minimum Gasteiger partial charge on any atom is -0.480 e. The number of esters is 2. The van der Waals surface area contributed by atoms with Gasteiger partial charge < -0.3 is 55.4 Å². The highest BCUT2D eigenvalue weighted by Gasteiger charge is 2.73. The molecule has 5 aliphatic rings. The molecule has 4 aliphatic carbocycles. The third kappa shape index (κ3) is 13.9. The fraction of sp³-hybridized carbons (Fsp3) is 0.744. The number of ether oxygens (including phenoxy) is 2. The summed E-state index contributed by atoms with van der Waals surface area (Å²) in [5, 5.41) is 85.1. The van der Waals surface area contributed by atoms with Crippen LogP contribution in [-0.4, -0.2) is 222 Å².